The molecule has 5 heteroatoms. The van der Waals surface area contributed by atoms with Crippen LogP contribution in [0.3, 0.4) is 0 Å². The predicted octanol–water partition coefficient (Wildman–Crippen LogP) is 2.87. The van der Waals surface area contributed by atoms with Crippen molar-refractivity contribution in [1.82, 2.24) is 4.90 Å². The number of hydrogen-bond acceptors (Lipinski definition) is 4. The van der Waals surface area contributed by atoms with Gasteiger partial charge in [-0.25, -0.2) is 4.79 Å². The van der Waals surface area contributed by atoms with Crippen LogP contribution in [0.2, 0.25) is 0 Å². The number of carbonyl (C=O) groups excluding carboxylic acids is 1. The lowest BCUT2D eigenvalue weighted by Gasteiger charge is -2.21. The summed E-state index contributed by atoms with van der Waals surface area (Å²) in [6.07, 6.45) is -1.17. The molecule has 2 aromatic rings. The zero-order chi connectivity index (χ0) is 17.8. The van der Waals surface area contributed by atoms with E-state index in [1.807, 2.05) is 24.3 Å². The Kier molecular flexibility index (Phi) is 5.36. The lowest BCUT2D eigenvalue weighted by atomic mass is 9.98. The second kappa shape index (κ2) is 7.68. The zero-order valence-corrected chi connectivity index (χ0v) is 14.5. The van der Waals surface area contributed by atoms with Gasteiger partial charge in [-0.3, -0.25) is 0 Å². The van der Waals surface area contributed by atoms with E-state index in [0.29, 0.717) is 0 Å². The first-order valence-electron chi connectivity index (χ1n) is 8.35. The highest BCUT2D eigenvalue weighted by Crippen LogP contribution is 2.44. The van der Waals surface area contributed by atoms with Crippen LogP contribution in [0.5, 0.6) is 0 Å². The third kappa shape index (κ3) is 3.67. The van der Waals surface area contributed by atoms with Gasteiger partial charge in [0.15, 0.2) is 0 Å². The van der Waals surface area contributed by atoms with Gasteiger partial charge in [-0.15, -0.1) is 0 Å². The number of likely N-dealkylation sites (N-methyl/N-ethyl adjacent to an activating group) is 1. The van der Waals surface area contributed by atoms with E-state index >= 15 is 0 Å². The van der Waals surface area contributed by atoms with Crippen molar-refractivity contribution in [2.75, 3.05) is 33.9 Å². The molecule has 2 aromatic carbocycles. The van der Waals surface area contributed by atoms with E-state index in [0.717, 1.165) is 0 Å². The van der Waals surface area contributed by atoms with Gasteiger partial charge >= 0.3 is 6.09 Å². The van der Waals surface area contributed by atoms with Gasteiger partial charge in [0, 0.05) is 20.1 Å². The molecular formula is C20H23NO4. The summed E-state index contributed by atoms with van der Waals surface area (Å²) >= 11 is 0. The van der Waals surface area contributed by atoms with Crippen molar-refractivity contribution >= 4 is 6.09 Å². The van der Waals surface area contributed by atoms with E-state index in [4.69, 9.17) is 9.47 Å². The number of fused-ring (bicyclic) bond motifs is 3. The van der Waals surface area contributed by atoms with Crippen LogP contribution in [0.1, 0.15) is 17.0 Å². The van der Waals surface area contributed by atoms with Gasteiger partial charge in [-0.2, -0.15) is 0 Å². The lowest BCUT2D eigenvalue weighted by Crippen LogP contribution is -2.37. The first-order chi connectivity index (χ1) is 12.1. The van der Waals surface area contributed by atoms with Crippen LogP contribution in [-0.2, 0) is 9.47 Å². The topological polar surface area (TPSA) is 59.0 Å². The van der Waals surface area contributed by atoms with Crippen molar-refractivity contribution in [1.29, 1.82) is 0 Å². The molecule has 132 valence electrons. The zero-order valence-electron chi connectivity index (χ0n) is 14.5. The third-order valence-electron chi connectivity index (χ3n) is 4.49. The summed E-state index contributed by atoms with van der Waals surface area (Å²) in [5.41, 5.74) is 4.75. The Bertz CT molecular complexity index is 700. The third-order valence-corrected chi connectivity index (χ3v) is 4.49. The van der Waals surface area contributed by atoms with Crippen LogP contribution in [0, 0.1) is 0 Å². The highest BCUT2D eigenvalue weighted by Gasteiger charge is 2.29. The largest absolute Gasteiger partial charge is 0.448 e. The summed E-state index contributed by atoms with van der Waals surface area (Å²) in [4.78, 5) is 13.6. The maximum absolute atomic E-state index is 12.2. The Balaban J connectivity index is 1.68. The molecular weight excluding hydrogens is 318 g/mol. The first kappa shape index (κ1) is 17.5. The number of carbonyl (C=O) groups is 1. The molecule has 1 amide bonds. The molecule has 1 N–H and O–H groups in total. The van der Waals surface area contributed by atoms with Gasteiger partial charge < -0.3 is 19.5 Å². The smallest absolute Gasteiger partial charge is 0.409 e. The Hall–Kier alpha value is -2.37. The van der Waals surface area contributed by atoms with E-state index < -0.39 is 12.2 Å². The number of ether oxygens (including phenoxy) is 2. The van der Waals surface area contributed by atoms with Gasteiger partial charge in [0.1, 0.15) is 6.61 Å². The predicted molar refractivity (Wildman–Crippen MR) is 95.6 cm³/mol. The number of aliphatic hydroxyl groups is 1. The van der Waals surface area contributed by atoms with Gasteiger partial charge in [0.25, 0.3) is 0 Å². The summed E-state index contributed by atoms with van der Waals surface area (Å²) in [5.74, 6) is 0.0358. The maximum atomic E-state index is 12.2. The van der Waals surface area contributed by atoms with E-state index in [1.165, 1.54) is 34.3 Å². The molecule has 0 saturated heterocycles. The molecule has 5 nitrogen and oxygen atoms in total. The Morgan fingerprint density at radius 2 is 1.68 bits per heavy atom. The Labute approximate surface area is 147 Å². The second-order valence-corrected chi connectivity index (χ2v) is 6.29. The molecule has 0 saturated carbocycles. The van der Waals surface area contributed by atoms with Gasteiger partial charge in [-0.1, -0.05) is 48.5 Å². The number of hydrogen-bond donors (Lipinski definition) is 1. The summed E-state index contributed by atoms with van der Waals surface area (Å²) in [5, 5.41) is 9.73. The fraction of sp³-hybridized carbons (Fsp3) is 0.350. The monoisotopic (exact) mass is 341 g/mol. The standard InChI is InChI=1S/C20H23NO4/c1-21(11-14(22)12-24-2)20(23)25-13-19-17-9-5-3-7-15(17)16-8-4-6-10-18(16)19/h3-10,14,19,22H,11-13H2,1-2H3. The van der Waals surface area contributed by atoms with Crippen molar-refractivity contribution in [3.05, 3.63) is 59.7 Å². The number of methoxy groups -OCH3 is 1. The minimum Gasteiger partial charge on any atom is -0.448 e. The Morgan fingerprint density at radius 3 is 2.24 bits per heavy atom. The van der Waals surface area contributed by atoms with Crippen LogP contribution in [0.4, 0.5) is 4.79 Å². The number of nitrogens with zero attached hydrogens (tertiary/aromatic N) is 1. The van der Waals surface area contributed by atoms with E-state index in [1.54, 1.807) is 7.05 Å². The fourth-order valence-electron chi connectivity index (χ4n) is 3.34. The molecule has 0 aromatic heterocycles. The van der Waals surface area contributed by atoms with Crippen LogP contribution < -0.4 is 0 Å². The molecule has 3 rings (SSSR count). The van der Waals surface area contributed by atoms with Crippen molar-refractivity contribution in [2.24, 2.45) is 0 Å². The average Bonchev–Trinajstić information content (AvgIpc) is 2.94. The number of aliphatic hydroxyl groups excluding tert-OH is 1. The molecule has 0 aliphatic heterocycles. The number of amides is 1. The van der Waals surface area contributed by atoms with Gasteiger partial charge in [-0.05, 0) is 22.3 Å². The van der Waals surface area contributed by atoms with Crippen molar-refractivity contribution < 1.29 is 19.4 Å². The minimum atomic E-state index is -0.726. The minimum absolute atomic E-state index is 0.0358. The average molecular weight is 341 g/mol. The molecule has 25 heavy (non-hydrogen) atoms. The number of benzene rings is 2. The number of rotatable bonds is 6. The lowest BCUT2D eigenvalue weighted by molar-refractivity contribution is 0.0369. The second-order valence-electron chi connectivity index (χ2n) is 6.29. The highest BCUT2D eigenvalue weighted by atomic mass is 16.6. The van der Waals surface area contributed by atoms with E-state index in [-0.39, 0.29) is 25.7 Å². The normalized spacial score (nSPS) is 13.9. The van der Waals surface area contributed by atoms with Crippen LogP contribution in [0.25, 0.3) is 11.1 Å². The van der Waals surface area contributed by atoms with Crippen LogP contribution >= 0.6 is 0 Å². The Morgan fingerprint density at radius 1 is 1.12 bits per heavy atom. The highest BCUT2D eigenvalue weighted by molar-refractivity contribution is 5.79. The fourth-order valence-corrected chi connectivity index (χ4v) is 3.34. The molecule has 0 fully saturated rings. The summed E-state index contributed by atoms with van der Waals surface area (Å²) in [6.45, 7) is 0.628. The van der Waals surface area contributed by atoms with Gasteiger partial charge in [0.2, 0.25) is 0 Å². The van der Waals surface area contributed by atoms with Crippen LogP contribution in [0.15, 0.2) is 48.5 Å². The molecule has 0 radical (unpaired) electrons. The SMILES string of the molecule is COCC(O)CN(C)C(=O)OCC1c2ccccc2-c2ccccc21. The maximum Gasteiger partial charge on any atom is 0.409 e. The van der Waals surface area contributed by atoms with Crippen molar-refractivity contribution in [3.63, 3.8) is 0 Å². The molecule has 1 atom stereocenters. The molecule has 1 unspecified atom stereocenters. The first-order valence-corrected chi connectivity index (χ1v) is 8.35. The van der Waals surface area contributed by atoms with Crippen molar-refractivity contribution in [2.45, 2.75) is 12.0 Å². The summed E-state index contributed by atoms with van der Waals surface area (Å²) in [7, 11) is 3.12. The quantitative estimate of drug-likeness (QED) is 0.878. The van der Waals surface area contributed by atoms with E-state index in [9.17, 15) is 9.90 Å². The molecule has 0 heterocycles. The van der Waals surface area contributed by atoms with Crippen molar-refractivity contribution in [3.8, 4) is 11.1 Å². The molecule has 0 spiro atoms. The molecule has 1 aliphatic carbocycles. The molecule has 0 bridgehead atoms. The van der Waals surface area contributed by atoms with Gasteiger partial charge in [0.05, 0.1) is 19.3 Å². The summed E-state index contributed by atoms with van der Waals surface area (Å²) < 4.78 is 10.4. The molecule has 1 aliphatic rings. The van der Waals surface area contributed by atoms with E-state index in [2.05, 4.69) is 24.3 Å². The summed E-state index contributed by atoms with van der Waals surface area (Å²) in [6, 6.07) is 16.4. The van der Waals surface area contributed by atoms with Crippen LogP contribution in [-0.4, -0.2) is 56.1 Å².